The lowest BCUT2D eigenvalue weighted by atomic mass is 9.78. The molecule has 0 N–H and O–H groups in total. The van der Waals surface area contributed by atoms with Gasteiger partial charge in [-0.25, -0.2) is 0 Å². The zero-order valence-corrected chi connectivity index (χ0v) is 17.1. The highest BCUT2D eigenvalue weighted by Gasteiger charge is 2.49. The van der Waals surface area contributed by atoms with Crippen LogP contribution in [-0.4, -0.2) is 47.4 Å². The summed E-state index contributed by atoms with van der Waals surface area (Å²) in [6.45, 7) is 8.74. The van der Waals surface area contributed by atoms with Gasteiger partial charge in [0.25, 0.3) is 0 Å². The summed E-state index contributed by atoms with van der Waals surface area (Å²) in [5.41, 5.74) is 1.69. The van der Waals surface area contributed by atoms with Gasteiger partial charge in [0.05, 0.1) is 20.3 Å². The summed E-state index contributed by atoms with van der Waals surface area (Å²) in [5.74, 6) is -1.21. The number of esters is 2. The van der Waals surface area contributed by atoms with Gasteiger partial charge in [0.1, 0.15) is 0 Å². The third kappa shape index (κ3) is 7.03. The molecule has 138 valence electrons. The van der Waals surface area contributed by atoms with Crippen molar-refractivity contribution in [2.24, 2.45) is 5.41 Å². The van der Waals surface area contributed by atoms with E-state index in [-0.39, 0.29) is 18.9 Å². The van der Waals surface area contributed by atoms with Gasteiger partial charge in [0, 0.05) is 21.6 Å². The second kappa shape index (κ2) is 10.5. The van der Waals surface area contributed by atoms with Gasteiger partial charge >= 0.3 is 11.9 Å². The molecule has 24 heavy (non-hydrogen) atoms. The summed E-state index contributed by atoms with van der Waals surface area (Å²) in [5, 5.41) is 0. The summed E-state index contributed by atoms with van der Waals surface area (Å²) in [7, 11) is 2.93. The molecule has 5 nitrogen and oxygen atoms in total. The Morgan fingerprint density at radius 3 is 2.00 bits per heavy atom. The molecule has 0 spiro atoms. The van der Waals surface area contributed by atoms with Crippen LogP contribution in [-0.2, 0) is 23.8 Å². The lowest BCUT2D eigenvalue weighted by Gasteiger charge is -2.29. The minimum absolute atomic E-state index is 0.175. The minimum atomic E-state index is -1.40. The van der Waals surface area contributed by atoms with E-state index in [4.69, 9.17) is 14.2 Å². The first-order valence-corrected chi connectivity index (χ1v) is 12.0. The van der Waals surface area contributed by atoms with Gasteiger partial charge in [-0.05, 0) is 31.0 Å². The lowest BCUT2D eigenvalue weighted by molar-refractivity contribution is -0.172. The van der Waals surface area contributed by atoms with Crippen molar-refractivity contribution in [2.75, 3.05) is 21.3 Å². The van der Waals surface area contributed by atoms with Crippen LogP contribution in [0.3, 0.4) is 0 Å². The Balaban J connectivity index is 5.53. The maximum atomic E-state index is 12.4. The van der Waals surface area contributed by atoms with Crippen LogP contribution in [0.2, 0.25) is 25.7 Å². The molecular formula is C18H32O5Si. The van der Waals surface area contributed by atoms with Crippen LogP contribution in [0.15, 0.2) is 17.9 Å². The maximum absolute atomic E-state index is 12.4. The van der Waals surface area contributed by atoms with E-state index in [0.717, 1.165) is 6.04 Å². The quantitative estimate of drug-likeness (QED) is 0.259. The molecule has 0 saturated carbocycles. The molecule has 0 rings (SSSR count). The molecule has 0 fully saturated rings. The molecule has 6 heteroatoms. The Bertz CT molecular complexity index is 452. The van der Waals surface area contributed by atoms with Gasteiger partial charge in [0.15, 0.2) is 5.41 Å². The number of methoxy groups -OCH3 is 3. The third-order valence-corrected chi connectivity index (χ3v) is 5.35. The van der Waals surface area contributed by atoms with Crippen molar-refractivity contribution in [3.8, 4) is 0 Å². The van der Waals surface area contributed by atoms with E-state index >= 15 is 0 Å². The van der Waals surface area contributed by atoms with Crippen LogP contribution in [0.1, 0.15) is 26.2 Å². The van der Waals surface area contributed by atoms with Crippen LogP contribution in [0.5, 0.6) is 0 Å². The molecule has 0 aromatic carbocycles. The Morgan fingerprint density at radius 2 is 1.62 bits per heavy atom. The van der Waals surface area contributed by atoms with Crippen molar-refractivity contribution in [3.63, 3.8) is 0 Å². The first kappa shape index (κ1) is 22.6. The monoisotopic (exact) mass is 356 g/mol. The molecule has 1 unspecified atom stereocenters. The summed E-state index contributed by atoms with van der Waals surface area (Å²) in [4.78, 5) is 24.8. The molecule has 0 amide bonds. The average Bonchev–Trinajstić information content (AvgIpc) is 2.55. The molecule has 0 radical (unpaired) electrons. The average molecular weight is 357 g/mol. The minimum Gasteiger partial charge on any atom is -0.468 e. The van der Waals surface area contributed by atoms with Crippen molar-refractivity contribution in [2.45, 2.75) is 58.0 Å². The molecule has 1 atom stereocenters. The van der Waals surface area contributed by atoms with Crippen molar-refractivity contribution in [1.82, 2.24) is 0 Å². The molecule has 0 aliphatic carbocycles. The first-order chi connectivity index (χ1) is 11.2. The molecule has 0 heterocycles. The number of carbonyl (C=O) groups excluding carboxylic acids is 2. The number of allylic oxidation sites excluding steroid dienone is 1. The van der Waals surface area contributed by atoms with Crippen molar-refractivity contribution < 1.29 is 23.8 Å². The summed E-state index contributed by atoms with van der Waals surface area (Å²) in [6, 6.07) is 0.989. The standard InChI is InChI=1S/C18H32O5Si/c1-8-15(21-2)14-18(16(19)22-3,17(20)23-4)12-10-9-11-13-24(5,6)7/h10-11,15H,8,12-14H2,1-7H3. The van der Waals surface area contributed by atoms with E-state index < -0.39 is 25.4 Å². The van der Waals surface area contributed by atoms with Gasteiger partial charge in [0.2, 0.25) is 0 Å². The number of hydrogen-bond donors (Lipinski definition) is 0. The van der Waals surface area contributed by atoms with Gasteiger partial charge in [-0.3, -0.25) is 9.59 Å². The van der Waals surface area contributed by atoms with Crippen LogP contribution < -0.4 is 0 Å². The Kier molecular flexibility index (Phi) is 9.90. The molecule has 0 aliphatic heterocycles. The number of carbonyl (C=O) groups is 2. The molecule has 0 aromatic heterocycles. The Morgan fingerprint density at radius 1 is 1.08 bits per heavy atom. The van der Waals surface area contributed by atoms with Gasteiger partial charge in [-0.2, -0.15) is 0 Å². The molecule has 0 bridgehead atoms. The molecule has 0 aromatic rings. The van der Waals surface area contributed by atoms with Crippen LogP contribution in [0, 0.1) is 5.41 Å². The Labute approximate surface area is 147 Å². The second-order valence-electron chi connectivity index (χ2n) is 7.08. The van der Waals surface area contributed by atoms with Gasteiger partial charge < -0.3 is 14.2 Å². The first-order valence-electron chi connectivity index (χ1n) is 8.26. The van der Waals surface area contributed by atoms with Crippen LogP contribution in [0.4, 0.5) is 0 Å². The zero-order chi connectivity index (χ0) is 18.8. The van der Waals surface area contributed by atoms with E-state index in [1.807, 2.05) is 13.0 Å². The van der Waals surface area contributed by atoms with Gasteiger partial charge in [-0.15, -0.1) is 5.73 Å². The highest BCUT2D eigenvalue weighted by Crippen LogP contribution is 2.34. The lowest BCUT2D eigenvalue weighted by Crippen LogP contribution is -2.43. The summed E-state index contributed by atoms with van der Waals surface area (Å²) < 4.78 is 15.2. The van der Waals surface area contributed by atoms with Crippen LogP contribution >= 0.6 is 0 Å². The molecule has 0 aliphatic rings. The topological polar surface area (TPSA) is 61.8 Å². The van der Waals surface area contributed by atoms with E-state index in [1.54, 1.807) is 13.2 Å². The fourth-order valence-electron chi connectivity index (χ4n) is 2.36. The summed E-state index contributed by atoms with van der Waals surface area (Å²) in [6.07, 6.45) is 4.53. The number of ether oxygens (including phenoxy) is 3. The smallest absolute Gasteiger partial charge is 0.323 e. The second-order valence-corrected chi connectivity index (χ2v) is 12.6. The van der Waals surface area contributed by atoms with E-state index in [2.05, 4.69) is 25.4 Å². The zero-order valence-electron chi connectivity index (χ0n) is 16.1. The maximum Gasteiger partial charge on any atom is 0.323 e. The van der Waals surface area contributed by atoms with E-state index in [0.29, 0.717) is 6.42 Å². The van der Waals surface area contributed by atoms with E-state index in [9.17, 15) is 9.59 Å². The fourth-order valence-corrected chi connectivity index (χ4v) is 3.09. The number of hydrogen-bond acceptors (Lipinski definition) is 5. The van der Waals surface area contributed by atoms with Crippen molar-refractivity contribution >= 4 is 20.0 Å². The predicted molar refractivity (Wildman–Crippen MR) is 97.6 cm³/mol. The van der Waals surface area contributed by atoms with Crippen LogP contribution in [0.25, 0.3) is 0 Å². The predicted octanol–water partition coefficient (Wildman–Crippen LogP) is 3.57. The van der Waals surface area contributed by atoms with Gasteiger partial charge in [-0.1, -0.05) is 26.6 Å². The highest BCUT2D eigenvalue weighted by atomic mass is 28.3. The van der Waals surface area contributed by atoms with E-state index in [1.165, 1.54) is 14.2 Å². The summed E-state index contributed by atoms with van der Waals surface area (Å²) >= 11 is 0. The van der Waals surface area contributed by atoms with Crippen molar-refractivity contribution in [3.05, 3.63) is 17.9 Å². The normalized spacial score (nSPS) is 12.8. The SMILES string of the molecule is CCC(CC(CC=C=CC[Si](C)(C)C)(C(=O)OC)C(=O)OC)OC. The highest BCUT2D eigenvalue weighted by molar-refractivity contribution is 6.76. The van der Waals surface area contributed by atoms with Crippen molar-refractivity contribution in [1.29, 1.82) is 0 Å². The Hall–Kier alpha value is -1.36. The number of rotatable bonds is 10. The fraction of sp³-hybridized carbons (Fsp3) is 0.722. The largest absolute Gasteiger partial charge is 0.468 e. The molecular weight excluding hydrogens is 324 g/mol. The third-order valence-electron chi connectivity index (χ3n) is 3.92. The molecule has 0 saturated heterocycles.